The van der Waals surface area contributed by atoms with E-state index in [-0.39, 0.29) is 31.2 Å². The third-order valence-corrected chi connectivity index (χ3v) is 8.41. The highest BCUT2D eigenvalue weighted by Gasteiger charge is 2.51. The fraction of sp³-hybridized carbons (Fsp3) is 0.632. The number of nitrogens with zero attached hydrogens (tertiary/aromatic N) is 5. The molecule has 3 unspecified atom stereocenters. The van der Waals surface area contributed by atoms with Crippen LogP contribution in [0.1, 0.15) is 50.8 Å². The van der Waals surface area contributed by atoms with Gasteiger partial charge < -0.3 is 4.98 Å². The van der Waals surface area contributed by atoms with E-state index >= 15 is 0 Å². The molecule has 4 atom stereocenters. The molecule has 3 aromatic rings. The molecule has 0 spiro atoms. The van der Waals surface area contributed by atoms with Crippen LogP contribution < -0.4 is 4.72 Å². The van der Waals surface area contributed by atoms with Crippen LogP contribution in [0, 0.1) is 5.92 Å². The number of rotatable bonds is 5. The number of nitrogens with one attached hydrogen (secondary N) is 2. The average molecular weight is 472 g/mol. The number of hydrogen-bond acceptors (Lipinski definition) is 5. The van der Waals surface area contributed by atoms with E-state index in [0.29, 0.717) is 28.4 Å². The van der Waals surface area contributed by atoms with Crippen molar-refractivity contribution < 1.29 is 21.6 Å². The number of fused-ring (bicyclic) bond motifs is 3. The molecule has 174 valence electrons. The van der Waals surface area contributed by atoms with E-state index < -0.39 is 28.5 Å². The van der Waals surface area contributed by atoms with Crippen LogP contribution in [0.2, 0.25) is 0 Å². The molecule has 1 saturated carbocycles. The summed E-state index contributed by atoms with van der Waals surface area (Å²) in [4.78, 5) is 7.37. The summed E-state index contributed by atoms with van der Waals surface area (Å²) in [5, 5.41) is 8.61. The van der Waals surface area contributed by atoms with Crippen molar-refractivity contribution in [3.8, 4) is 0 Å². The van der Waals surface area contributed by atoms with Gasteiger partial charge in [-0.2, -0.15) is 30.6 Å². The van der Waals surface area contributed by atoms with Gasteiger partial charge in [0.2, 0.25) is 0 Å². The maximum absolute atomic E-state index is 13.3. The molecule has 0 radical (unpaired) electrons. The van der Waals surface area contributed by atoms with Crippen LogP contribution in [0.3, 0.4) is 0 Å². The maximum atomic E-state index is 13.3. The van der Waals surface area contributed by atoms with Crippen LogP contribution in [-0.4, -0.2) is 62.1 Å². The Bertz CT molecular complexity index is 1240. The largest absolute Gasteiger partial charge is 0.405 e. The molecule has 2 N–H and O–H groups in total. The lowest BCUT2D eigenvalue weighted by Crippen LogP contribution is -2.51. The van der Waals surface area contributed by atoms with Gasteiger partial charge in [0.1, 0.15) is 11.9 Å². The summed E-state index contributed by atoms with van der Waals surface area (Å²) in [6.45, 7) is 1.89. The van der Waals surface area contributed by atoms with E-state index in [2.05, 4.69) is 24.9 Å². The van der Waals surface area contributed by atoms with Gasteiger partial charge in [0, 0.05) is 24.7 Å². The van der Waals surface area contributed by atoms with Gasteiger partial charge in [-0.15, -0.1) is 10.2 Å². The number of alkyl halides is 3. The van der Waals surface area contributed by atoms with Gasteiger partial charge >= 0.3 is 6.18 Å². The molecule has 4 heterocycles. The fourth-order valence-electron chi connectivity index (χ4n) is 5.26. The first-order valence-electron chi connectivity index (χ1n) is 10.7. The molecule has 1 aliphatic carbocycles. The fourth-order valence-corrected chi connectivity index (χ4v) is 6.94. The molecule has 1 saturated heterocycles. The zero-order valence-corrected chi connectivity index (χ0v) is 18.2. The highest BCUT2D eigenvalue weighted by Crippen LogP contribution is 2.42. The smallest absolute Gasteiger partial charge is 0.345 e. The Morgan fingerprint density at radius 1 is 1.28 bits per heavy atom. The summed E-state index contributed by atoms with van der Waals surface area (Å²) in [6, 6.07) is -0.558. The molecule has 0 amide bonds. The second-order valence-corrected chi connectivity index (χ2v) is 10.3. The van der Waals surface area contributed by atoms with Crippen LogP contribution >= 0.6 is 0 Å². The minimum atomic E-state index is -4.58. The summed E-state index contributed by atoms with van der Waals surface area (Å²) in [5.41, 5.74) is 2.11. The van der Waals surface area contributed by atoms with E-state index in [1.807, 2.05) is 17.4 Å². The van der Waals surface area contributed by atoms with Crippen LogP contribution in [0.25, 0.3) is 16.8 Å². The van der Waals surface area contributed by atoms with E-state index in [1.54, 1.807) is 12.4 Å². The number of halogens is 3. The highest BCUT2D eigenvalue weighted by molar-refractivity contribution is 7.87. The lowest BCUT2D eigenvalue weighted by molar-refractivity contribution is -0.165. The summed E-state index contributed by atoms with van der Waals surface area (Å²) < 4.78 is 70.7. The first kappa shape index (κ1) is 21.6. The van der Waals surface area contributed by atoms with Gasteiger partial charge in [0.15, 0.2) is 11.3 Å². The van der Waals surface area contributed by atoms with E-state index in [4.69, 9.17) is 0 Å². The maximum Gasteiger partial charge on any atom is 0.405 e. The molecule has 3 aromatic heterocycles. The zero-order chi connectivity index (χ0) is 22.7. The molecule has 0 aromatic carbocycles. The minimum Gasteiger partial charge on any atom is -0.345 e. The average Bonchev–Trinajstić information content (AvgIpc) is 3.49. The lowest BCUT2D eigenvalue weighted by atomic mass is 9.93. The molecular weight excluding hydrogens is 447 g/mol. The van der Waals surface area contributed by atoms with Crippen LogP contribution in [0.4, 0.5) is 13.2 Å². The van der Waals surface area contributed by atoms with Crippen LogP contribution in [-0.2, 0) is 10.2 Å². The Hall–Kier alpha value is -2.25. The summed E-state index contributed by atoms with van der Waals surface area (Å²) >= 11 is 0. The second kappa shape index (κ2) is 7.66. The predicted octanol–water partition coefficient (Wildman–Crippen LogP) is 2.74. The molecule has 1 aliphatic heterocycles. The topological polar surface area (TPSA) is 108 Å². The molecule has 32 heavy (non-hydrogen) atoms. The first-order valence-corrected chi connectivity index (χ1v) is 12.2. The number of hydrogen-bond donors (Lipinski definition) is 2. The normalized spacial score (nSPS) is 27.8. The van der Waals surface area contributed by atoms with Crippen molar-refractivity contribution >= 4 is 27.0 Å². The van der Waals surface area contributed by atoms with Gasteiger partial charge in [-0.3, -0.25) is 4.40 Å². The molecular formula is C19H24F3N7O2S. The molecule has 5 rings (SSSR count). The molecule has 13 heteroatoms. The third kappa shape index (κ3) is 3.55. The Kier molecular flexibility index (Phi) is 5.17. The minimum absolute atomic E-state index is 0.0832. The predicted molar refractivity (Wildman–Crippen MR) is 110 cm³/mol. The number of aromatic amines is 1. The Balaban J connectivity index is 1.41. The third-order valence-electron chi connectivity index (χ3n) is 6.72. The SMILES string of the molecule is CCC1CC(NS(=O)(=O)N2CCC[C@H]2C(F)(F)F)CC1c1nnc2cnc3[nH]ccc3n12. The molecule has 2 fully saturated rings. The Morgan fingerprint density at radius 2 is 2.09 bits per heavy atom. The highest BCUT2D eigenvalue weighted by atomic mass is 32.2. The van der Waals surface area contributed by atoms with Crippen molar-refractivity contribution in [1.82, 2.24) is 33.6 Å². The van der Waals surface area contributed by atoms with Crippen molar-refractivity contribution in [2.24, 2.45) is 5.92 Å². The van der Waals surface area contributed by atoms with Crippen LogP contribution in [0.5, 0.6) is 0 Å². The van der Waals surface area contributed by atoms with E-state index in [0.717, 1.165) is 17.8 Å². The van der Waals surface area contributed by atoms with Crippen LogP contribution in [0.15, 0.2) is 18.5 Å². The van der Waals surface area contributed by atoms with Crippen molar-refractivity contribution in [3.05, 3.63) is 24.3 Å². The van der Waals surface area contributed by atoms with Gasteiger partial charge in [-0.1, -0.05) is 13.3 Å². The number of H-pyrrole nitrogens is 1. The number of aromatic nitrogens is 5. The quantitative estimate of drug-likeness (QED) is 0.595. The van der Waals surface area contributed by atoms with E-state index in [1.165, 1.54) is 0 Å². The summed E-state index contributed by atoms with van der Waals surface area (Å²) in [6.07, 6.45) is 0.565. The molecule has 0 bridgehead atoms. The van der Waals surface area contributed by atoms with Crippen molar-refractivity contribution in [2.75, 3.05) is 6.54 Å². The lowest BCUT2D eigenvalue weighted by Gasteiger charge is -2.27. The summed E-state index contributed by atoms with van der Waals surface area (Å²) in [7, 11) is -4.26. The van der Waals surface area contributed by atoms with Gasteiger partial charge in [0.25, 0.3) is 10.2 Å². The monoisotopic (exact) mass is 471 g/mol. The van der Waals surface area contributed by atoms with Gasteiger partial charge in [-0.25, -0.2) is 4.98 Å². The van der Waals surface area contributed by atoms with Crippen molar-refractivity contribution in [1.29, 1.82) is 0 Å². The second-order valence-electron chi connectivity index (χ2n) is 8.60. The zero-order valence-electron chi connectivity index (χ0n) is 17.4. The Morgan fingerprint density at radius 3 is 2.84 bits per heavy atom. The first-order chi connectivity index (χ1) is 15.2. The molecule has 2 aliphatic rings. The van der Waals surface area contributed by atoms with Gasteiger partial charge in [-0.05, 0) is 37.7 Å². The van der Waals surface area contributed by atoms with E-state index in [9.17, 15) is 21.6 Å². The Labute approximate surface area is 182 Å². The van der Waals surface area contributed by atoms with Gasteiger partial charge in [0.05, 0.1) is 11.7 Å². The summed E-state index contributed by atoms with van der Waals surface area (Å²) in [5.74, 6) is 0.754. The van der Waals surface area contributed by atoms with Crippen molar-refractivity contribution in [3.63, 3.8) is 0 Å². The standard InChI is InChI=1S/C19H24F3N7O2S/c1-2-11-8-12(27-32(30,31)28-7-3-4-15(28)19(20,21)22)9-13(11)18-26-25-16-10-24-17-14(29(16)18)5-6-23-17/h5-6,10-13,15,23,27H,2-4,7-9H2,1H3/t11?,12?,13?,15-/m0/s1. The van der Waals surface area contributed by atoms with Crippen molar-refractivity contribution in [2.45, 2.75) is 63.2 Å². The molecule has 9 nitrogen and oxygen atoms in total.